The number of hydrogen-bond acceptors (Lipinski definition) is 4. The summed E-state index contributed by atoms with van der Waals surface area (Å²) in [5, 5.41) is 12.5. The van der Waals surface area contributed by atoms with E-state index in [2.05, 4.69) is 9.97 Å². The number of aromatic nitrogens is 2. The van der Waals surface area contributed by atoms with Crippen molar-refractivity contribution in [1.82, 2.24) is 9.97 Å². The third kappa shape index (κ3) is 2.77. The molecule has 0 saturated carbocycles. The number of rotatable bonds is 3. The van der Waals surface area contributed by atoms with E-state index >= 15 is 0 Å². The Hall–Kier alpha value is -2.67. The molecule has 0 spiro atoms. The topological polar surface area (TPSA) is 97.9 Å². The second-order valence-corrected chi connectivity index (χ2v) is 5.74. The number of aromatic amines is 1. The van der Waals surface area contributed by atoms with Crippen LogP contribution >= 0.6 is 0 Å². The molecule has 1 atom stereocenters. The molecule has 0 aliphatic rings. The fourth-order valence-electron chi connectivity index (χ4n) is 1.94. The number of carbonyl (C=O) groups is 1. The van der Waals surface area contributed by atoms with Gasteiger partial charge in [0.2, 0.25) is 5.95 Å². The average molecular weight is 300 g/mol. The predicted molar refractivity (Wildman–Crippen MR) is 76.2 cm³/mol. The number of imidazole rings is 1. The van der Waals surface area contributed by atoms with Crippen molar-refractivity contribution >= 4 is 33.9 Å². The van der Waals surface area contributed by atoms with Gasteiger partial charge in [0.25, 0.3) is 0 Å². The van der Waals surface area contributed by atoms with Gasteiger partial charge in [0.1, 0.15) is 6.09 Å². The summed E-state index contributed by atoms with van der Waals surface area (Å²) in [4.78, 5) is 18.6. The summed E-state index contributed by atoms with van der Waals surface area (Å²) in [6.07, 6.45) is -1.44. The Bertz CT molecular complexity index is 830. The summed E-state index contributed by atoms with van der Waals surface area (Å²) < 4.78 is 12.4. The van der Waals surface area contributed by atoms with Crippen LogP contribution in [0.25, 0.3) is 11.0 Å². The third-order valence-electron chi connectivity index (χ3n) is 2.85. The number of nitrogens with one attached hydrogen (secondary N) is 2. The van der Waals surface area contributed by atoms with Crippen LogP contribution in [0.3, 0.4) is 0 Å². The van der Waals surface area contributed by atoms with Gasteiger partial charge in [0, 0.05) is 9.79 Å². The number of H-pyrrole nitrogens is 1. The van der Waals surface area contributed by atoms with Gasteiger partial charge < -0.3 is 20.2 Å². The molecular weight excluding hydrogens is 290 g/mol. The predicted octanol–water partition coefficient (Wildman–Crippen LogP) is 1.48. The lowest BCUT2D eigenvalue weighted by Crippen LogP contribution is -2.29. The molecule has 0 aliphatic carbocycles. The van der Waals surface area contributed by atoms with Crippen LogP contribution in [0.2, 0.25) is 0 Å². The molecule has 1 aromatic heterocycles. The number of anilines is 1. The van der Waals surface area contributed by atoms with E-state index in [0.717, 1.165) is 0 Å². The summed E-state index contributed by atoms with van der Waals surface area (Å²) in [7, 11) is -1.30. The summed E-state index contributed by atoms with van der Waals surface area (Å²) in [5.41, 5.74) is 1.17. The Kier molecular flexibility index (Phi) is 3.41. The van der Waals surface area contributed by atoms with Crippen LogP contribution < -0.4 is 10.4 Å². The van der Waals surface area contributed by atoms with Gasteiger partial charge in [0.05, 0.1) is 21.8 Å². The largest absolute Gasteiger partial charge is 0.530 e. The van der Waals surface area contributed by atoms with Crippen LogP contribution in [0.4, 0.5) is 10.7 Å². The van der Waals surface area contributed by atoms with Gasteiger partial charge in [-0.25, -0.2) is 9.19 Å². The number of carboxylic acid groups (broad SMARTS) is 1. The molecule has 3 aromatic rings. The Labute approximate surface area is 122 Å². The van der Waals surface area contributed by atoms with Gasteiger partial charge in [-0.15, -0.1) is 0 Å². The van der Waals surface area contributed by atoms with Crippen molar-refractivity contribution < 1.29 is 14.1 Å². The highest BCUT2D eigenvalue weighted by Gasteiger charge is 2.09. The van der Waals surface area contributed by atoms with Crippen LogP contribution in [0.1, 0.15) is 0 Å². The van der Waals surface area contributed by atoms with E-state index in [9.17, 15) is 14.1 Å². The van der Waals surface area contributed by atoms with E-state index < -0.39 is 16.9 Å². The van der Waals surface area contributed by atoms with Crippen molar-refractivity contribution in [2.24, 2.45) is 0 Å². The number of carbonyl (C=O) groups excluding carboxylic acids is 1. The van der Waals surface area contributed by atoms with E-state index in [-0.39, 0.29) is 5.95 Å². The van der Waals surface area contributed by atoms with Crippen LogP contribution in [0, 0.1) is 0 Å². The normalized spacial score (nSPS) is 12.2. The molecule has 0 radical (unpaired) electrons. The fourth-order valence-corrected chi connectivity index (χ4v) is 3.03. The monoisotopic (exact) mass is 300 g/mol. The average Bonchev–Trinajstić information content (AvgIpc) is 2.87. The number of nitrogens with zero attached hydrogens (tertiary/aromatic N) is 1. The summed E-state index contributed by atoms with van der Waals surface area (Å²) in [5.74, 6) is 0.0765. The molecule has 0 saturated heterocycles. The minimum absolute atomic E-state index is 0.0765. The first-order valence-corrected chi connectivity index (χ1v) is 7.23. The van der Waals surface area contributed by atoms with Gasteiger partial charge in [-0.3, -0.25) is 0 Å². The van der Waals surface area contributed by atoms with E-state index in [1.807, 2.05) is 23.5 Å². The van der Waals surface area contributed by atoms with Gasteiger partial charge in [0.15, 0.2) is 0 Å². The molecule has 106 valence electrons. The smallest absolute Gasteiger partial charge is 0.206 e. The molecule has 21 heavy (non-hydrogen) atoms. The summed E-state index contributed by atoms with van der Waals surface area (Å²) >= 11 is 0. The van der Waals surface area contributed by atoms with E-state index in [4.69, 9.17) is 0 Å². The molecule has 0 bridgehead atoms. The molecule has 1 heterocycles. The molecule has 1 unspecified atom stereocenters. The van der Waals surface area contributed by atoms with Crippen molar-refractivity contribution in [3.05, 3.63) is 48.5 Å². The zero-order valence-corrected chi connectivity index (χ0v) is 11.5. The van der Waals surface area contributed by atoms with Crippen LogP contribution in [0.15, 0.2) is 58.3 Å². The Morgan fingerprint density at radius 1 is 1.14 bits per heavy atom. The molecule has 0 aliphatic heterocycles. The van der Waals surface area contributed by atoms with Crippen LogP contribution in [0.5, 0.6) is 0 Å². The highest BCUT2D eigenvalue weighted by atomic mass is 32.2. The molecule has 2 aromatic carbocycles. The molecule has 1 amide bonds. The van der Waals surface area contributed by atoms with E-state index in [1.54, 1.807) is 30.3 Å². The molecule has 3 rings (SSSR count). The third-order valence-corrected chi connectivity index (χ3v) is 4.23. The minimum atomic E-state index is -1.44. The standard InChI is InChI=1S/C14H11N3O3S/c18-14(19)17-13-15-11-7-6-10(8-12(11)16-13)21(20)9-4-2-1-3-5-9/h1-8H,(H,18,19)(H2,15,16,17)/p-1. The lowest BCUT2D eigenvalue weighted by atomic mass is 10.3. The van der Waals surface area contributed by atoms with E-state index in [1.165, 1.54) is 0 Å². The SMILES string of the molecule is O=C([O-])Nc1nc2ccc(S(=O)c3ccccc3)cc2[nH]1. The van der Waals surface area contributed by atoms with Gasteiger partial charge >= 0.3 is 0 Å². The van der Waals surface area contributed by atoms with Crippen LogP contribution in [-0.4, -0.2) is 20.3 Å². The Balaban J connectivity index is 1.97. The quantitative estimate of drug-likeness (QED) is 0.765. The zero-order valence-electron chi connectivity index (χ0n) is 10.7. The van der Waals surface area contributed by atoms with Crippen LogP contribution in [-0.2, 0) is 10.8 Å². The molecule has 0 fully saturated rings. The zero-order chi connectivity index (χ0) is 14.8. The van der Waals surface area contributed by atoms with Crippen molar-refractivity contribution in [2.45, 2.75) is 9.79 Å². The molecular formula is C14H10N3O3S-. The number of amides is 1. The number of benzene rings is 2. The van der Waals surface area contributed by atoms with Crippen molar-refractivity contribution in [1.29, 1.82) is 0 Å². The maximum absolute atomic E-state index is 12.4. The number of hydrogen-bond donors (Lipinski definition) is 2. The van der Waals surface area contributed by atoms with Gasteiger partial charge in [-0.05, 0) is 30.3 Å². The van der Waals surface area contributed by atoms with Crippen molar-refractivity contribution in [2.75, 3.05) is 5.32 Å². The minimum Gasteiger partial charge on any atom is -0.530 e. The maximum atomic E-state index is 12.4. The number of fused-ring (bicyclic) bond motifs is 1. The van der Waals surface area contributed by atoms with Crippen molar-refractivity contribution in [3.63, 3.8) is 0 Å². The molecule has 7 heteroatoms. The highest BCUT2D eigenvalue weighted by molar-refractivity contribution is 7.85. The first kappa shape index (κ1) is 13.3. The maximum Gasteiger partial charge on any atom is 0.206 e. The van der Waals surface area contributed by atoms with Crippen molar-refractivity contribution in [3.8, 4) is 0 Å². The highest BCUT2D eigenvalue weighted by Crippen LogP contribution is 2.21. The summed E-state index contributed by atoms with van der Waals surface area (Å²) in [6, 6.07) is 14.2. The second-order valence-electron chi connectivity index (χ2n) is 4.26. The first-order valence-electron chi connectivity index (χ1n) is 6.08. The van der Waals surface area contributed by atoms with Gasteiger partial charge in [-0.1, -0.05) is 18.2 Å². The Morgan fingerprint density at radius 2 is 1.90 bits per heavy atom. The first-order chi connectivity index (χ1) is 10.1. The molecule has 6 nitrogen and oxygen atoms in total. The molecule has 2 N–H and O–H groups in total. The lowest BCUT2D eigenvalue weighted by molar-refractivity contribution is -0.242. The van der Waals surface area contributed by atoms with Gasteiger partial charge in [-0.2, -0.15) is 0 Å². The van der Waals surface area contributed by atoms with E-state index in [0.29, 0.717) is 20.8 Å². The second kappa shape index (κ2) is 5.37. The lowest BCUT2D eigenvalue weighted by Gasteiger charge is -2.01. The fraction of sp³-hybridized carbons (Fsp3) is 0. The Morgan fingerprint density at radius 3 is 2.62 bits per heavy atom. The summed E-state index contributed by atoms with van der Waals surface area (Å²) in [6.45, 7) is 0.